The average molecular weight is 209 g/mol. The number of thiol groups is 1. The number of carbonyl (C=O) groups is 3. The molecule has 0 saturated heterocycles. The molecular weight excluding hydrogens is 198 g/mol. The van der Waals surface area contributed by atoms with E-state index in [1.807, 2.05) is 0 Å². The van der Waals surface area contributed by atoms with Crippen molar-refractivity contribution in [1.29, 1.82) is 0 Å². The summed E-state index contributed by atoms with van der Waals surface area (Å²) in [5.74, 6) is -0.981. The van der Waals surface area contributed by atoms with Gasteiger partial charge in [0.05, 0.1) is 0 Å². The number of hydrogen-bond donors (Lipinski definition) is 5. The molecule has 0 aromatic heterocycles. The predicted octanol–water partition coefficient (Wildman–Crippen LogP) is -0.724. The van der Waals surface area contributed by atoms with Gasteiger partial charge in [0.15, 0.2) is 0 Å². The van der Waals surface area contributed by atoms with Gasteiger partial charge in [0.1, 0.15) is 0 Å². The number of aliphatic carboxylic acids is 1. The normalized spacial score (nSPS) is 6.23. The molecule has 0 aliphatic rings. The van der Waals surface area contributed by atoms with Crippen molar-refractivity contribution in [2.24, 2.45) is 17.2 Å². The summed E-state index contributed by atoms with van der Waals surface area (Å²) in [5.41, 5.74) is 12.8. The summed E-state index contributed by atoms with van der Waals surface area (Å²) >= 11 is 3.10. The molecule has 0 aromatic rings. The molecule has 0 aromatic carbocycles. The zero-order valence-corrected chi connectivity index (χ0v) is 7.53. The van der Waals surface area contributed by atoms with Gasteiger partial charge in [-0.15, -0.1) is 0 Å². The van der Waals surface area contributed by atoms with Crippen LogP contribution in [-0.2, 0) is 4.79 Å². The van der Waals surface area contributed by atoms with Crippen LogP contribution in [0.25, 0.3) is 0 Å². The lowest BCUT2D eigenvalue weighted by Gasteiger charge is -1.64. The molecule has 76 valence electrons. The Morgan fingerprint density at radius 3 is 1.31 bits per heavy atom. The molecule has 0 heterocycles. The summed E-state index contributed by atoms with van der Waals surface area (Å²) in [6, 6.07) is -0.833. The molecule has 0 atom stereocenters. The largest absolute Gasteiger partial charge is 0.478 e. The number of primary amides is 3. The van der Waals surface area contributed by atoms with Crippen LogP contribution in [0.5, 0.6) is 0 Å². The first-order valence-corrected chi connectivity index (χ1v) is 3.07. The van der Waals surface area contributed by atoms with E-state index in [-0.39, 0.29) is 0 Å². The molecule has 3 amide bonds. The van der Waals surface area contributed by atoms with Crippen LogP contribution in [0.15, 0.2) is 12.7 Å². The van der Waals surface area contributed by atoms with Crippen LogP contribution in [0.4, 0.5) is 9.59 Å². The number of urea groups is 1. The van der Waals surface area contributed by atoms with Crippen LogP contribution in [0.1, 0.15) is 0 Å². The number of amides is 3. The first kappa shape index (κ1) is 17.4. The molecule has 0 saturated carbocycles. The molecule has 0 aliphatic heterocycles. The molecule has 0 bridgehead atoms. The number of carbonyl (C=O) groups excluding carboxylic acids is 2. The van der Waals surface area contributed by atoms with Gasteiger partial charge < -0.3 is 22.3 Å². The smallest absolute Gasteiger partial charge is 0.327 e. The Bertz CT molecular complexity index is 174. The van der Waals surface area contributed by atoms with E-state index in [4.69, 9.17) is 14.7 Å². The van der Waals surface area contributed by atoms with Gasteiger partial charge in [0, 0.05) is 6.08 Å². The number of carboxylic acids is 1. The predicted molar refractivity (Wildman–Crippen MR) is 50.2 cm³/mol. The third-order valence-corrected chi connectivity index (χ3v) is 0.175. The maximum Gasteiger partial charge on any atom is 0.327 e. The van der Waals surface area contributed by atoms with Crippen molar-refractivity contribution >= 4 is 29.9 Å². The highest BCUT2D eigenvalue weighted by Crippen LogP contribution is 1.60. The topological polar surface area (TPSA) is 149 Å². The molecule has 0 radical (unpaired) electrons. The SMILES string of the molecule is C=CC(=O)O.NC(=O)S.NC(N)=O. The average Bonchev–Trinajstić information content (AvgIpc) is 1.84. The van der Waals surface area contributed by atoms with Crippen LogP contribution in [0.2, 0.25) is 0 Å². The maximum atomic E-state index is 9.25. The van der Waals surface area contributed by atoms with Gasteiger partial charge in [-0.3, -0.25) is 4.79 Å². The van der Waals surface area contributed by atoms with E-state index in [1.165, 1.54) is 0 Å². The van der Waals surface area contributed by atoms with Crippen LogP contribution < -0.4 is 17.2 Å². The highest BCUT2D eigenvalue weighted by Gasteiger charge is 1.73. The molecule has 0 fully saturated rings. The van der Waals surface area contributed by atoms with Gasteiger partial charge in [0.2, 0.25) is 0 Å². The van der Waals surface area contributed by atoms with Crippen molar-refractivity contribution < 1.29 is 19.5 Å². The lowest BCUT2D eigenvalue weighted by Crippen LogP contribution is -2.18. The molecule has 7 nitrogen and oxygen atoms in total. The second-order valence-electron chi connectivity index (χ2n) is 1.28. The molecule has 0 spiro atoms. The van der Waals surface area contributed by atoms with E-state index >= 15 is 0 Å². The van der Waals surface area contributed by atoms with Crippen molar-refractivity contribution in [3.05, 3.63) is 12.7 Å². The van der Waals surface area contributed by atoms with Gasteiger partial charge in [-0.25, -0.2) is 9.59 Å². The molecule has 0 aliphatic carbocycles. The minimum atomic E-state index is -0.981. The Labute approximate surface area is 80.0 Å². The highest BCUT2D eigenvalue weighted by molar-refractivity contribution is 7.96. The van der Waals surface area contributed by atoms with Crippen LogP contribution in [0.3, 0.4) is 0 Å². The summed E-state index contributed by atoms with van der Waals surface area (Å²) in [7, 11) is 0. The summed E-state index contributed by atoms with van der Waals surface area (Å²) in [6.07, 6.45) is 0.833. The Kier molecular flexibility index (Phi) is 17.3. The standard InChI is InChI=1S/C3H4O2.CH4N2O.CH3NOS/c1-2-3(4)5;2*2-1(3)4/h2H,1H2,(H,4,5);(H4,2,3,4);(H3,2,3,4). The Hall–Kier alpha value is -1.70. The van der Waals surface area contributed by atoms with Crippen molar-refractivity contribution in [3.63, 3.8) is 0 Å². The Morgan fingerprint density at radius 1 is 1.23 bits per heavy atom. The van der Waals surface area contributed by atoms with Crippen LogP contribution in [-0.4, -0.2) is 22.3 Å². The molecule has 7 N–H and O–H groups in total. The fraction of sp³-hybridized carbons (Fsp3) is 0. The lowest BCUT2D eigenvalue weighted by atomic mass is 10.7. The van der Waals surface area contributed by atoms with E-state index in [0.717, 1.165) is 6.08 Å². The first-order valence-electron chi connectivity index (χ1n) is 2.62. The third-order valence-electron chi connectivity index (χ3n) is 0.175. The van der Waals surface area contributed by atoms with E-state index in [9.17, 15) is 4.79 Å². The summed E-state index contributed by atoms with van der Waals surface area (Å²) in [5, 5.41) is 6.97. The van der Waals surface area contributed by atoms with Gasteiger partial charge in [0.25, 0.3) is 5.24 Å². The van der Waals surface area contributed by atoms with Crippen LogP contribution >= 0.6 is 12.6 Å². The Balaban J connectivity index is -0.000000117. The molecule has 0 unspecified atom stereocenters. The van der Waals surface area contributed by atoms with Crippen LogP contribution in [0, 0.1) is 0 Å². The van der Waals surface area contributed by atoms with E-state index in [2.05, 4.69) is 36.4 Å². The monoisotopic (exact) mass is 209 g/mol. The van der Waals surface area contributed by atoms with E-state index in [0.29, 0.717) is 0 Å². The van der Waals surface area contributed by atoms with Crippen molar-refractivity contribution in [3.8, 4) is 0 Å². The molecule has 13 heavy (non-hydrogen) atoms. The first-order chi connectivity index (χ1) is 5.73. The highest BCUT2D eigenvalue weighted by atomic mass is 32.1. The molecular formula is C5H11N3O4S. The van der Waals surface area contributed by atoms with Crippen molar-refractivity contribution in [1.82, 2.24) is 0 Å². The van der Waals surface area contributed by atoms with Gasteiger partial charge in [-0.2, -0.15) is 0 Å². The molecule has 0 rings (SSSR count). The lowest BCUT2D eigenvalue weighted by molar-refractivity contribution is -0.131. The van der Waals surface area contributed by atoms with Crippen molar-refractivity contribution in [2.45, 2.75) is 0 Å². The maximum absolute atomic E-state index is 9.25. The fourth-order valence-electron chi connectivity index (χ4n) is 0. The van der Waals surface area contributed by atoms with Gasteiger partial charge in [-0.1, -0.05) is 19.2 Å². The van der Waals surface area contributed by atoms with E-state index < -0.39 is 17.2 Å². The second-order valence-corrected chi connectivity index (χ2v) is 1.72. The quantitative estimate of drug-likeness (QED) is 0.286. The summed E-state index contributed by atoms with van der Waals surface area (Å²) in [6.45, 7) is 2.96. The van der Waals surface area contributed by atoms with Gasteiger partial charge >= 0.3 is 12.0 Å². The zero-order chi connectivity index (χ0) is 11.4. The number of hydrogen-bond acceptors (Lipinski definition) is 3. The fourth-order valence-corrected chi connectivity index (χ4v) is 0. The van der Waals surface area contributed by atoms with E-state index in [1.54, 1.807) is 0 Å². The third kappa shape index (κ3) is 7880. The molecule has 8 heteroatoms. The van der Waals surface area contributed by atoms with Gasteiger partial charge in [-0.05, 0) is 0 Å². The Morgan fingerprint density at radius 2 is 1.31 bits per heavy atom. The zero-order valence-electron chi connectivity index (χ0n) is 6.64. The van der Waals surface area contributed by atoms with Crippen molar-refractivity contribution in [2.75, 3.05) is 0 Å². The summed E-state index contributed by atoms with van der Waals surface area (Å²) < 4.78 is 0. The number of carboxylic acid groups (broad SMARTS) is 1. The summed E-state index contributed by atoms with van der Waals surface area (Å²) in [4.78, 5) is 27.3. The number of nitrogens with two attached hydrogens (primary N) is 3. The second kappa shape index (κ2) is 12.9. The minimum Gasteiger partial charge on any atom is -0.478 e. The minimum absolute atomic E-state index is 0.639. The number of rotatable bonds is 1.